The van der Waals surface area contributed by atoms with Gasteiger partial charge in [-0.25, -0.2) is 24.7 Å². The molecule has 0 aliphatic carbocycles. The summed E-state index contributed by atoms with van der Waals surface area (Å²) in [4.78, 5) is 68.6. The van der Waals surface area contributed by atoms with Crippen LogP contribution in [0.2, 0.25) is 0 Å². The van der Waals surface area contributed by atoms with Crippen molar-refractivity contribution in [1.82, 2.24) is 44.6 Å². The summed E-state index contributed by atoms with van der Waals surface area (Å²) in [6.45, 7) is 9.04. The number of nitrogens with one attached hydrogen (secondary N) is 3. The molecule has 3 amide bonds. The summed E-state index contributed by atoms with van der Waals surface area (Å²) >= 11 is 0. The van der Waals surface area contributed by atoms with Gasteiger partial charge in [0, 0.05) is 26.3 Å². The Labute approximate surface area is 326 Å². The van der Waals surface area contributed by atoms with Gasteiger partial charge in [0.1, 0.15) is 35.9 Å². The third-order valence-corrected chi connectivity index (χ3v) is 11.0. The molecule has 5 heterocycles. The van der Waals surface area contributed by atoms with Crippen LogP contribution in [-0.4, -0.2) is 99.8 Å². The molecule has 0 unspecified atom stereocenters. The molecule has 2 saturated heterocycles. The monoisotopic (exact) mass is 758 g/mol. The highest BCUT2D eigenvalue weighted by atomic mass is 16.4. The van der Waals surface area contributed by atoms with Gasteiger partial charge in [0.15, 0.2) is 0 Å². The summed E-state index contributed by atoms with van der Waals surface area (Å²) in [5.74, 6) is 1.86. The highest BCUT2D eigenvalue weighted by Crippen LogP contribution is 2.35. The third-order valence-electron chi connectivity index (χ3n) is 11.0. The number of H-pyrrole nitrogens is 2. The average molecular weight is 759 g/mol. The van der Waals surface area contributed by atoms with Crippen molar-refractivity contribution in [2.24, 2.45) is 11.8 Å². The lowest BCUT2D eigenvalue weighted by Crippen LogP contribution is -2.51. The molecule has 7 rings (SSSR count). The number of amides is 3. The number of carbonyl (C=O) groups is 3. The zero-order valence-electron chi connectivity index (χ0n) is 32.5. The molecule has 3 aromatic heterocycles. The lowest BCUT2D eigenvalue weighted by molar-refractivity contribution is -0.138. The fourth-order valence-corrected chi connectivity index (χ4v) is 8.03. The van der Waals surface area contributed by atoms with Gasteiger partial charge in [0.25, 0.3) is 0 Å². The minimum atomic E-state index is -1.12. The summed E-state index contributed by atoms with van der Waals surface area (Å²) in [6.07, 6.45) is 8.99. The number of likely N-dealkylation sites (N-methyl/N-ethyl adjacent to an activating group) is 1. The zero-order valence-corrected chi connectivity index (χ0v) is 32.5. The number of hydrogen-bond donors (Lipinski definition) is 4. The van der Waals surface area contributed by atoms with Crippen LogP contribution in [0.1, 0.15) is 77.1 Å². The first-order valence-electron chi connectivity index (χ1n) is 19.4. The smallest absolute Gasteiger partial charge is 0.407 e. The summed E-state index contributed by atoms with van der Waals surface area (Å²) in [6, 6.07) is 16.8. The minimum Gasteiger partial charge on any atom is -0.465 e. The first kappa shape index (κ1) is 38.2. The van der Waals surface area contributed by atoms with Crippen LogP contribution >= 0.6 is 0 Å². The van der Waals surface area contributed by atoms with Gasteiger partial charge in [0.05, 0.1) is 35.9 Å². The van der Waals surface area contributed by atoms with Crippen molar-refractivity contribution in [3.05, 3.63) is 91.2 Å². The molecule has 0 bridgehead atoms. The topological polar surface area (TPSA) is 176 Å². The number of imidazole rings is 2. The lowest BCUT2D eigenvalue weighted by atomic mass is 10.0. The molecule has 56 heavy (non-hydrogen) atoms. The number of aromatic amines is 2. The molecule has 0 spiro atoms. The largest absolute Gasteiger partial charge is 0.465 e. The number of aromatic nitrogens is 6. The van der Waals surface area contributed by atoms with Crippen molar-refractivity contribution in [2.75, 3.05) is 25.5 Å². The predicted molar refractivity (Wildman–Crippen MR) is 213 cm³/mol. The van der Waals surface area contributed by atoms with Crippen LogP contribution < -0.4 is 5.32 Å². The molecule has 2 aromatic carbocycles. The van der Waals surface area contributed by atoms with E-state index in [0.717, 1.165) is 70.0 Å². The minimum absolute atomic E-state index is 0.0392. The van der Waals surface area contributed by atoms with Gasteiger partial charge in [-0.2, -0.15) is 0 Å². The van der Waals surface area contributed by atoms with E-state index in [1.165, 1.54) is 13.4 Å². The van der Waals surface area contributed by atoms with E-state index in [2.05, 4.69) is 78.8 Å². The molecule has 2 aliphatic rings. The summed E-state index contributed by atoms with van der Waals surface area (Å²) in [5, 5.41) is 12.9. The molecule has 0 saturated carbocycles. The number of carboxylic acid groups (broad SMARTS) is 1. The highest BCUT2D eigenvalue weighted by molar-refractivity contribution is 5.86. The van der Waals surface area contributed by atoms with Crippen molar-refractivity contribution in [3.63, 3.8) is 0 Å². The summed E-state index contributed by atoms with van der Waals surface area (Å²) < 4.78 is 0. The fourth-order valence-electron chi connectivity index (χ4n) is 8.03. The second-order valence-corrected chi connectivity index (χ2v) is 15.4. The van der Waals surface area contributed by atoms with Crippen LogP contribution in [0.25, 0.3) is 33.6 Å². The van der Waals surface area contributed by atoms with E-state index in [-0.39, 0.29) is 35.7 Å². The summed E-state index contributed by atoms with van der Waals surface area (Å²) in [5.41, 5.74) is 5.86. The number of anilines is 1. The number of nitrogens with zero attached hydrogens (tertiary/aromatic N) is 7. The van der Waals surface area contributed by atoms with E-state index in [0.29, 0.717) is 24.7 Å². The Kier molecular flexibility index (Phi) is 11.2. The molecular formula is C42H50N10O4. The van der Waals surface area contributed by atoms with Crippen LogP contribution in [0.4, 0.5) is 10.6 Å². The van der Waals surface area contributed by atoms with E-state index < -0.39 is 18.2 Å². The maximum absolute atomic E-state index is 13.8. The van der Waals surface area contributed by atoms with Gasteiger partial charge < -0.3 is 30.2 Å². The van der Waals surface area contributed by atoms with Gasteiger partial charge in [-0.05, 0) is 65.8 Å². The molecule has 4 N–H and O–H groups in total. The molecule has 14 heteroatoms. The van der Waals surface area contributed by atoms with E-state index in [1.807, 2.05) is 38.8 Å². The molecular weight excluding hydrogens is 709 g/mol. The standard InChI is InChI=1S/C42H50N10O4/c1-25(2)36(49-35-18-19-43-24-46-35)40(53)51-20-6-8-33(51)38-44-22-31(47-38)29-14-10-27(11-15-29)28-12-16-30(17-13-28)32-23-45-39(48-32)34-9-7-21-52(34)41(54)37(26(3)4)50(5)42(55)56/h10-19,22-26,33-34,36-37H,6-9,20-21H2,1-5H3,(H,44,47)(H,45,48)(H,55,56)(H,43,46,49)/t33-,34-,36-,37-/m0/s1. The van der Waals surface area contributed by atoms with E-state index in [4.69, 9.17) is 4.98 Å². The Morgan fingerprint density at radius 1 is 0.732 bits per heavy atom. The fraction of sp³-hybridized carbons (Fsp3) is 0.405. The molecule has 5 aromatic rings. The number of rotatable bonds is 12. The number of hydrogen-bond acceptors (Lipinski definition) is 8. The van der Waals surface area contributed by atoms with Gasteiger partial charge in [0.2, 0.25) is 11.8 Å². The second kappa shape index (κ2) is 16.4. The second-order valence-electron chi connectivity index (χ2n) is 15.4. The number of likely N-dealkylation sites (tertiary alicyclic amines) is 2. The van der Waals surface area contributed by atoms with Crippen LogP contribution in [0, 0.1) is 11.8 Å². The highest BCUT2D eigenvalue weighted by Gasteiger charge is 2.40. The zero-order chi connectivity index (χ0) is 39.5. The normalized spacial score (nSPS) is 18.1. The Morgan fingerprint density at radius 2 is 1.23 bits per heavy atom. The van der Waals surface area contributed by atoms with Crippen molar-refractivity contribution in [3.8, 4) is 33.6 Å². The lowest BCUT2D eigenvalue weighted by Gasteiger charge is -2.33. The maximum Gasteiger partial charge on any atom is 0.407 e. The number of carbonyl (C=O) groups excluding carboxylic acids is 2. The molecule has 2 fully saturated rings. The first-order chi connectivity index (χ1) is 27.0. The average Bonchev–Trinajstić information content (AvgIpc) is 4.04. The SMILES string of the molecule is CC(C)[C@H](Nc1ccncn1)C(=O)N1CCC[C@H]1c1ncc(-c2ccc(-c3ccc(-c4cnc([C@@H]5CCCN5C(=O)[C@H](C(C)C)N(C)C(=O)O)[nH]4)cc3)cc2)[nH]1. The van der Waals surface area contributed by atoms with Gasteiger partial charge >= 0.3 is 6.09 Å². The molecule has 14 nitrogen and oxygen atoms in total. The van der Waals surface area contributed by atoms with Crippen LogP contribution in [0.3, 0.4) is 0 Å². The van der Waals surface area contributed by atoms with E-state index in [9.17, 15) is 19.5 Å². The quantitative estimate of drug-likeness (QED) is 0.104. The third kappa shape index (κ3) is 7.86. The Bertz CT molecular complexity index is 2130. The van der Waals surface area contributed by atoms with Crippen molar-refractivity contribution >= 4 is 23.7 Å². The first-order valence-corrected chi connectivity index (χ1v) is 19.4. The molecule has 2 aliphatic heterocycles. The molecule has 0 radical (unpaired) electrons. The Morgan fingerprint density at radius 3 is 1.68 bits per heavy atom. The van der Waals surface area contributed by atoms with Crippen LogP contribution in [0.15, 0.2) is 79.5 Å². The maximum atomic E-state index is 13.8. The van der Waals surface area contributed by atoms with Gasteiger partial charge in [-0.15, -0.1) is 0 Å². The van der Waals surface area contributed by atoms with Crippen LogP contribution in [-0.2, 0) is 9.59 Å². The predicted octanol–water partition coefficient (Wildman–Crippen LogP) is 7.02. The Hall–Kier alpha value is -6.05. The van der Waals surface area contributed by atoms with Gasteiger partial charge in [-0.1, -0.05) is 76.2 Å². The van der Waals surface area contributed by atoms with Crippen LogP contribution in [0.5, 0.6) is 0 Å². The molecule has 292 valence electrons. The van der Waals surface area contributed by atoms with E-state index >= 15 is 0 Å². The molecule has 4 atom stereocenters. The number of benzene rings is 2. The van der Waals surface area contributed by atoms with Crippen molar-refractivity contribution in [1.29, 1.82) is 0 Å². The van der Waals surface area contributed by atoms with E-state index in [1.54, 1.807) is 23.4 Å². The van der Waals surface area contributed by atoms with Gasteiger partial charge in [-0.3, -0.25) is 14.5 Å². The van der Waals surface area contributed by atoms with Crippen molar-refractivity contribution in [2.45, 2.75) is 77.5 Å². The Balaban J connectivity index is 1.00. The summed E-state index contributed by atoms with van der Waals surface area (Å²) in [7, 11) is 1.45. The van der Waals surface area contributed by atoms with Crippen molar-refractivity contribution < 1.29 is 19.5 Å².